The van der Waals surface area contributed by atoms with Crippen molar-refractivity contribution in [3.05, 3.63) is 70.6 Å². The molecule has 3 aromatic rings. The second-order valence-electron chi connectivity index (χ2n) is 7.79. The van der Waals surface area contributed by atoms with Crippen molar-refractivity contribution < 1.29 is 17.9 Å². The molecule has 0 aliphatic rings. The SMILES string of the molecule is CS(=O)(=O)N(CCCN)Cc1cccc(-c2nc(NCCc3ccc(O)c(Cl)c3)ncc2F)c1. The van der Waals surface area contributed by atoms with Crippen LogP contribution in [0.25, 0.3) is 11.3 Å². The van der Waals surface area contributed by atoms with E-state index in [-0.39, 0.29) is 29.0 Å². The third-order valence-electron chi connectivity index (χ3n) is 5.09. The first-order valence-corrected chi connectivity index (χ1v) is 12.9. The number of hydrogen-bond donors (Lipinski definition) is 3. The predicted molar refractivity (Wildman–Crippen MR) is 132 cm³/mol. The third kappa shape index (κ3) is 7.10. The van der Waals surface area contributed by atoms with Crippen LogP contribution in [0.4, 0.5) is 10.3 Å². The lowest BCUT2D eigenvalue weighted by atomic mass is 10.1. The summed E-state index contributed by atoms with van der Waals surface area (Å²) in [6.07, 6.45) is 3.38. The molecule has 0 atom stereocenters. The third-order valence-corrected chi connectivity index (χ3v) is 6.65. The van der Waals surface area contributed by atoms with Crippen molar-refractivity contribution in [2.75, 3.05) is 31.2 Å². The number of anilines is 1. The zero-order valence-electron chi connectivity index (χ0n) is 18.7. The lowest BCUT2D eigenvalue weighted by Crippen LogP contribution is -2.31. The van der Waals surface area contributed by atoms with Gasteiger partial charge in [0.15, 0.2) is 5.82 Å². The van der Waals surface area contributed by atoms with E-state index >= 15 is 0 Å². The molecule has 1 heterocycles. The monoisotopic (exact) mass is 507 g/mol. The fraction of sp³-hybridized carbons (Fsp3) is 0.304. The lowest BCUT2D eigenvalue weighted by Gasteiger charge is -2.20. The minimum absolute atomic E-state index is 0.0196. The Kier molecular flexibility index (Phi) is 8.78. The number of nitrogens with zero attached hydrogens (tertiary/aromatic N) is 3. The topological polar surface area (TPSA) is 121 Å². The largest absolute Gasteiger partial charge is 0.506 e. The van der Waals surface area contributed by atoms with Crippen LogP contribution in [0.15, 0.2) is 48.7 Å². The Hall–Kier alpha value is -2.79. The van der Waals surface area contributed by atoms with Gasteiger partial charge in [-0.2, -0.15) is 4.31 Å². The smallest absolute Gasteiger partial charge is 0.223 e. The standard InChI is InChI=1S/C23H27ClFN5O3S/c1-34(32,33)30(11-3-9-26)15-17-4-2-5-18(12-17)22-20(25)14-28-23(29-22)27-10-8-16-6-7-21(31)19(24)13-16/h2,4-7,12-14,31H,3,8-11,15,26H2,1H3,(H,27,28,29). The minimum Gasteiger partial charge on any atom is -0.506 e. The van der Waals surface area contributed by atoms with Gasteiger partial charge in [0, 0.05) is 25.2 Å². The zero-order chi connectivity index (χ0) is 24.7. The summed E-state index contributed by atoms with van der Waals surface area (Å²) in [4.78, 5) is 8.31. The molecule has 0 aliphatic carbocycles. The summed E-state index contributed by atoms with van der Waals surface area (Å²) in [6, 6.07) is 11.9. The maximum absolute atomic E-state index is 14.6. The molecule has 0 amide bonds. The van der Waals surface area contributed by atoms with Crippen LogP contribution in [0.3, 0.4) is 0 Å². The Morgan fingerprint density at radius 3 is 2.71 bits per heavy atom. The van der Waals surface area contributed by atoms with Gasteiger partial charge in [0.2, 0.25) is 16.0 Å². The molecule has 1 aromatic heterocycles. The highest BCUT2D eigenvalue weighted by Gasteiger charge is 2.17. The van der Waals surface area contributed by atoms with E-state index < -0.39 is 15.8 Å². The highest BCUT2D eigenvalue weighted by atomic mass is 35.5. The highest BCUT2D eigenvalue weighted by Crippen LogP contribution is 2.25. The van der Waals surface area contributed by atoms with Crippen LogP contribution in [0, 0.1) is 5.82 Å². The van der Waals surface area contributed by atoms with E-state index in [1.54, 1.807) is 36.4 Å². The average Bonchev–Trinajstić information content (AvgIpc) is 2.79. The molecule has 0 fully saturated rings. The molecular formula is C23H27ClFN5O3S. The van der Waals surface area contributed by atoms with Gasteiger partial charge in [0.05, 0.1) is 17.5 Å². The zero-order valence-corrected chi connectivity index (χ0v) is 20.3. The van der Waals surface area contributed by atoms with Crippen molar-refractivity contribution in [3.63, 3.8) is 0 Å². The van der Waals surface area contributed by atoms with E-state index in [9.17, 15) is 17.9 Å². The van der Waals surface area contributed by atoms with E-state index in [1.807, 2.05) is 0 Å². The number of phenols is 1. The second kappa shape index (κ2) is 11.6. The summed E-state index contributed by atoms with van der Waals surface area (Å²) < 4.78 is 40.1. The first kappa shape index (κ1) is 25.8. The van der Waals surface area contributed by atoms with E-state index in [4.69, 9.17) is 17.3 Å². The van der Waals surface area contributed by atoms with Crippen molar-refractivity contribution in [1.29, 1.82) is 0 Å². The molecule has 0 radical (unpaired) electrons. The summed E-state index contributed by atoms with van der Waals surface area (Å²) in [5.41, 5.74) is 7.77. The number of hydrogen-bond acceptors (Lipinski definition) is 7. The van der Waals surface area contributed by atoms with E-state index in [1.165, 1.54) is 10.4 Å². The second-order valence-corrected chi connectivity index (χ2v) is 10.2. The number of halogens is 2. The Morgan fingerprint density at radius 1 is 1.21 bits per heavy atom. The average molecular weight is 508 g/mol. The molecule has 11 heteroatoms. The summed E-state index contributed by atoms with van der Waals surface area (Å²) in [7, 11) is -3.42. The molecule has 182 valence electrons. The number of phenolic OH excluding ortho intramolecular Hbond substituents is 1. The van der Waals surface area contributed by atoms with Crippen LogP contribution in [-0.2, 0) is 23.0 Å². The summed E-state index contributed by atoms with van der Waals surface area (Å²) >= 11 is 5.93. The molecule has 3 rings (SSSR count). The Bertz CT molecular complexity index is 1240. The first-order valence-electron chi connectivity index (χ1n) is 10.7. The van der Waals surface area contributed by atoms with Gasteiger partial charge in [-0.15, -0.1) is 0 Å². The van der Waals surface area contributed by atoms with Crippen LogP contribution in [0.2, 0.25) is 5.02 Å². The van der Waals surface area contributed by atoms with Gasteiger partial charge in [0.25, 0.3) is 0 Å². The normalized spacial score (nSPS) is 11.7. The maximum atomic E-state index is 14.6. The number of rotatable bonds is 11. The Morgan fingerprint density at radius 2 is 2.00 bits per heavy atom. The van der Waals surface area contributed by atoms with Crippen molar-refractivity contribution in [1.82, 2.24) is 14.3 Å². The van der Waals surface area contributed by atoms with Crippen molar-refractivity contribution in [3.8, 4) is 17.0 Å². The molecule has 8 nitrogen and oxygen atoms in total. The van der Waals surface area contributed by atoms with Crippen LogP contribution >= 0.6 is 11.6 Å². The predicted octanol–water partition coefficient (Wildman–Crippen LogP) is 3.41. The van der Waals surface area contributed by atoms with Gasteiger partial charge in [0.1, 0.15) is 11.4 Å². The quantitative estimate of drug-likeness (QED) is 0.363. The molecule has 0 saturated carbocycles. The highest BCUT2D eigenvalue weighted by molar-refractivity contribution is 7.88. The fourth-order valence-corrected chi connectivity index (χ4v) is 4.38. The van der Waals surface area contributed by atoms with E-state index in [2.05, 4.69) is 15.3 Å². The number of nitrogens with two attached hydrogens (primary N) is 1. The summed E-state index contributed by atoms with van der Waals surface area (Å²) in [5, 5.41) is 12.9. The fourth-order valence-electron chi connectivity index (χ4n) is 3.33. The molecule has 0 spiro atoms. The van der Waals surface area contributed by atoms with Crippen molar-refractivity contribution in [2.24, 2.45) is 5.73 Å². The van der Waals surface area contributed by atoms with Crippen molar-refractivity contribution >= 4 is 27.6 Å². The number of sulfonamides is 1. The van der Waals surface area contributed by atoms with Crippen LogP contribution in [-0.4, -0.2) is 53.7 Å². The van der Waals surface area contributed by atoms with Crippen molar-refractivity contribution in [2.45, 2.75) is 19.4 Å². The van der Waals surface area contributed by atoms with Gasteiger partial charge in [-0.3, -0.25) is 0 Å². The molecule has 0 bridgehead atoms. The number of aromatic nitrogens is 2. The molecule has 2 aromatic carbocycles. The summed E-state index contributed by atoms with van der Waals surface area (Å²) in [6.45, 7) is 1.31. The molecule has 4 N–H and O–H groups in total. The van der Waals surface area contributed by atoms with E-state index in [0.717, 1.165) is 18.0 Å². The van der Waals surface area contributed by atoms with Gasteiger partial charge >= 0.3 is 0 Å². The van der Waals surface area contributed by atoms with Gasteiger partial charge in [-0.25, -0.2) is 22.8 Å². The Labute approximate surface area is 203 Å². The number of benzene rings is 2. The van der Waals surface area contributed by atoms with E-state index in [0.29, 0.717) is 43.6 Å². The minimum atomic E-state index is -3.42. The molecule has 0 unspecified atom stereocenters. The number of nitrogens with one attached hydrogen (secondary N) is 1. The lowest BCUT2D eigenvalue weighted by molar-refractivity contribution is 0.405. The van der Waals surface area contributed by atoms with Gasteiger partial charge in [-0.05, 0) is 48.7 Å². The number of aromatic hydroxyl groups is 1. The van der Waals surface area contributed by atoms with Gasteiger partial charge < -0.3 is 16.2 Å². The van der Waals surface area contributed by atoms with Gasteiger partial charge in [-0.1, -0.05) is 35.9 Å². The molecular weight excluding hydrogens is 481 g/mol. The first-order chi connectivity index (χ1) is 16.2. The molecule has 34 heavy (non-hydrogen) atoms. The van der Waals surface area contributed by atoms with Crippen LogP contribution in [0.1, 0.15) is 17.5 Å². The summed E-state index contributed by atoms with van der Waals surface area (Å²) in [5.74, 6) is -0.311. The molecule has 0 saturated heterocycles. The van der Waals surface area contributed by atoms with Crippen LogP contribution in [0.5, 0.6) is 5.75 Å². The maximum Gasteiger partial charge on any atom is 0.223 e. The molecule has 0 aliphatic heterocycles. The Balaban J connectivity index is 1.74. The van der Waals surface area contributed by atoms with Crippen LogP contribution < -0.4 is 11.1 Å².